The zero-order valence-electron chi connectivity index (χ0n) is 15.2. The standard InChI is InChI=1S/C20H22N2O4/c1-22-16-7-6-15(12-14(16)5-9-20(22)24)21-19(23)11-13-4-8-17(25-2)18(10-13)26-3/h4,6-8,10,12H,5,9,11H2,1-3H3,(H,21,23). The van der Waals surface area contributed by atoms with Crippen molar-refractivity contribution in [2.75, 3.05) is 31.5 Å². The van der Waals surface area contributed by atoms with E-state index in [9.17, 15) is 9.59 Å². The number of hydrogen-bond donors (Lipinski definition) is 1. The van der Waals surface area contributed by atoms with Crippen LogP contribution in [0.3, 0.4) is 0 Å². The van der Waals surface area contributed by atoms with Crippen molar-refractivity contribution >= 4 is 23.2 Å². The number of nitrogens with one attached hydrogen (secondary N) is 1. The largest absolute Gasteiger partial charge is 0.493 e. The fraction of sp³-hybridized carbons (Fsp3) is 0.300. The lowest BCUT2D eigenvalue weighted by molar-refractivity contribution is -0.118. The first-order valence-electron chi connectivity index (χ1n) is 8.42. The molecule has 0 aromatic heterocycles. The maximum atomic E-state index is 12.4. The molecule has 0 bridgehead atoms. The molecular weight excluding hydrogens is 332 g/mol. The monoisotopic (exact) mass is 354 g/mol. The number of methoxy groups -OCH3 is 2. The van der Waals surface area contributed by atoms with Crippen molar-refractivity contribution in [1.82, 2.24) is 0 Å². The summed E-state index contributed by atoms with van der Waals surface area (Å²) in [5.74, 6) is 1.23. The zero-order valence-corrected chi connectivity index (χ0v) is 15.2. The van der Waals surface area contributed by atoms with E-state index < -0.39 is 0 Å². The number of fused-ring (bicyclic) bond motifs is 1. The first-order chi connectivity index (χ1) is 12.5. The Morgan fingerprint density at radius 3 is 2.58 bits per heavy atom. The Hall–Kier alpha value is -3.02. The van der Waals surface area contributed by atoms with Gasteiger partial charge in [-0.1, -0.05) is 6.07 Å². The quantitative estimate of drug-likeness (QED) is 0.897. The van der Waals surface area contributed by atoms with Gasteiger partial charge in [0.25, 0.3) is 0 Å². The molecule has 0 spiro atoms. The van der Waals surface area contributed by atoms with E-state index in [0.717, 1.165) is 22.5 Å². The van der Waals surface area contributed by atoms with Gasteiger partial charge in [-0.15, -0.1) is 0 Å². The van der Waals surface area contributed by atoms with Crippen LogP contribution in [-0.4, -0.2) is 33.1 Å². The molecule has 26 heavy (non-hydrogen) atoms. The van der Waals surface area contributed by atoms with Crippen LogP contribution in [-0.2, 0) is 22.4 Å². The van der Waals surface area contributed by atoms with Crippen molar-refractivity contribution in [2.24, 2.45) is 0 Å². The second-order valence-electron chi connectivity index (χ2n) is 6.21. The molecule has 2 aromatic rings. The van der Waals surface area contributed by atoms with E-state index in [0.29, 0.717) is 24.3 Å². The number of carbonyl (C=O) groups excluding carboxylic acids is 2. The molecule has 0 unspecified atom stereocenters. The Balaban J connectivity index is 1.70. The highest BCUT2D eigenvalue weighted by Gasteiger charge is 2.21. The summed E-state index contributed by atoms with van der Waals surface area (Å²) in [6, 6.07) is 11.1. The number of rotatable bonds is 5. The van der Waals surface area contributed by atoms with Gasteiger partial charge >= 0.3 is 0 Å². The highest BCUT2D eigenvalue weighted by Crippen LogP contribution is 2.30. The summed E-state index contributed by atoms with van der Waals surface area (Å²) in [6.45, 7) is 0. The van der Waals surface area contributed by atoms with Gasteiger partial charge in [-0.3, -0.25) is 9.59 Å². The van der Waals surface area contributed by atoms with Gasteiger partial charge in [0.15, 0.2) is 11.5 Å². The summed E-state index contributed by atoms with van der Waals surface area (Å²) in [6.07, 6.45) is 1.42. The number of amides is 2. The minimum Gasteiger partial charge on any atom is -0.493 e. The first kappa shape index (κ1) is 17.8. The Labute approximate surface area is 152 Å². The number of carbonyl (C=O) groups is 2. The van der Waals surface area contributed by atoms with Crippen LogP contribution in [0.5, 0.6) is 11.5 Å². The van der Waals surface area contributed by atoms with Crippen LogP contribution in [0.25, 0.3) is 0 Å². The lowest BCUT2D eigenvalue weighted by Gasteiger charge is -2.26. The normalized spacial score (nSPS) is 13.2. The number of aryl methyl sites for hydroxylation is 1. The van der Waals surface area contributed by atoms with E-state index in [1.54, 1.807) is 38.3 Å². The molecule has 0 aliphatic carbocycles. The number of ether oxygens (including phenoxy) is 2. The van der Waals surface area contributed by atoms with Crippen LogP contribution in [0.4, 0.5) is 11.4 Å². The van der Waals surface area contributed by atoms with E-state index in [1.165, 1.54) is 0 Å². The van der Waals surface area contributed by atoms with Crippen molar-refractivity contribution in [3.63, 3.8) is 0 Å². The summed E-state index contributed by atoms with van der Waals surface area (Å²) in [4.78, 5) is 25.8. The van der Waals surface area contributed by atoms with Crippen LogP contribution < -0.4 is 19.7 Å². The molecule has 0 radical (unpaired) electrons. The SMILES string of the molecule is COc1ccc(CC(=O)Nc2ccc3c(c2)CCC(=O)N3C)cc1OC. The van der Waals surface area contributed by atoms with Crippen molar-refractivity contribution in [1.29, 1.82) is 0 Å². The van der Waals surface area contributed by atoms with E-state index in [2.05, 4.69) is 5.32 Å². The molecule has 1 aliphatic heterocycles. The molecule has 136 valence electrons. The summed E-state index contributed by atoms with van der Waals surface area (Å²) < 4.78 is 10.5. The predicted molar refractivity (Wildman–Crippen MR) is 100 cm³/mol. The van der Waals surface area contributed by atoms with Gasteiger partial charge in [0.2, 0.25) is 11.8 Å². The molecule has 1 aliphatic rings. The van der Waals surface area contributed by atoms with Crippen molar-refractivity contribution in [3.8, 4) is 11.5 Å². The molecule has 2 amide bonds. The van der Waals surface area contributed by atoms with E-state index >= 15 is 0 Å². The van der Waals surface area contributed by atoms with Gasteiger partial charge in [-0.25, -0.2) is 0 Å². The summed E-state index contributed by atoms with van der Waals surface area (Å²) in [7, 11) is 4.91. The van der Waals surface area contributed by atoms with Gasteiger partial charge in [-0.05, 0) is 47.9 Å². The van der Waals surface area contributed by atoms with Crippen LogP contribution in [0.1, 0.15) is 17.5 Å². The number of anilines is 2. The molecular formula is C20H22N2O4. The number of hydrogen-bond acceptors (Lipinski definition) is 4. The molecule has 1 heterocycles. The van der Waals surface area contributed by atoms with Gasteiger partial charge in [0.05, 0.1) is 20.6 Å². The molecule has 0 atom stereocenters. The topological polar surface area (TPSA) is 67.9 Å². The second kappa shape index (κ2) is 7.47. The van der Waals surface area contributed by atoms with E-state index in [4.69, 9.17) is 9.47 Å². The maximum absolute atomic E-state index is 12.4. The molecule has 0 saturated carbocycles. The Bertz CT molecular complexity index is 848. The van der Waals surface area contributed by atoms with Crippen molar-refractivity contribution < 1.29 is 19.1 Å². The summed E-state index contributed by atoms with van der Waals surface area (Å²) in [5.41, 5.74) is 3.54. The summed E-state index contributed by atoms with van der Waals surface area (Å²) >= 11 is 0. The Kier molecular flexibility index (Phi) is 5.11. The molecule has 3 rings (SSSR count). The molecule has 0 fully saturated rings. The fourth-order valence-corrected chi connectivity index (χ4v) is 3.12. The Morgan fingerprint density at radius 1 is 1.08 bits per heavy atom. The minimum atomic E-state index is -0.114. The molecule has 1 N–H and O–H groups in total. The highest BCUT2D eigenvalue weighted by atomic mass is 16.5. The third-order valence-corrected chi connectivity index (χ3v) is 4.52. The molecule has 6 nitrogen and oxygen atoms in total. The average Bonchev–Trinajstić information content (AvgIpc) is 2.64. The fourth-order valence-electron chi connectivity index (χ4n) is 3.12. The lowest BCUT2D eigenvalue weighted by atomic mass is 10.0. The van der Waals surface area contributed by atoms with Gasteiger partial charge < -0.3 is 19.7 Å². The molecule has 0 saturated heterocycles. The highest BCUT2D eigenvalue weighted by molar-refractivity contribution is 5.97. The average molecular weight is 354 g/mol. The molecule has 6 heteroatoms. The maximum Gasteiger partial charge on any atom is 0.228 e. The van der Waals surface area contributed by atoms with E-state index in [1.807, 2.05) is 24.3 Å². The second-order valence-corrected chi connectivity index (χ2v) is 6.21. The van der Waals surface area contributed by atoms with E-state index in [-0.39, 0.29) is 18.2 Å². The van der Waals surface area contributed by atoms with Gasteiger partial charge in [0.1, 0.15) is 0 Å². The van der Waals surface area contributed by atoms with Crippen LogP contribution in [0.15, 0.2) is 36.4 Å². The number of benzene rings is 2. The van der Waals surface area contributed by atoms with Crippen molar-refractivity contribution in [3.05, 3.63) is 47.5 Å². The first-order valence-corrected chi connectivity index (χ1v) is 8.42. The van der Waals surface area contributed by atoms with Gasteiger partial charge in [-0.2, -0.15) is 0 Å². The Morgan fingerprint density at radius 2 is 1.85 bits per heavy atom. The third-order valence-electron chi connectivity index (χ3n) is 4.52. The van der Waals surface area contributed by atoms with Gasteiger partial charge in [0, 0.05) is 24.8 Å². The lowest BCUT2D eigenvalue weighted by Crippen LogP contribution is -2.31. The third kappa shape index (κ3) is 3.64. The minimum absolute atomic E-state index is 0.114. The zero-order chi connectivity index (χ0) is 18.7. The van der Waals surface area contributed by atoms with Crippen LogP contribution >= 0.6 is 0 Å². The molecule has 2 aromatic carbocycles. The van der Waals surface area contributed by atoms with Crippen LogP contribution in [0, 0.1) is 0 Å². The van der Waals surface area contributed by atoms with Crippen molar-refractivity contribution in [2.45, 2.75) is 19.3 Å². The predicted octanol–water partition coefficient (Wildman–Crippen LogP) is 2.79. The van der Waals surface area contributed by atoms with Crippen LogP contribution in [0.2, 0.25) is 0 Å². The number of nitrogens with zero attached hydrogens (tertiary/aromatic N) is 1. The summed E-state index contributed by atoms with van der Waals surface area (Å²) in [5, 5.41) is 2.92. The smallest absolute Gasteiger partial charge is 0.228 e.